The van der Waals surface area contributed by atoms with E-state index < -0.39 is 31.1 Å². The number of nitro benzene ring substituents is 1. The molecule has 1 aromatic carbocycles. The lowest BCUT2D eigenvalue weighted by molar-refractivity contribution is -0.384. The van der Waals surface area contributed by atoms with Crippen molar-refractivity contribution >= 4 is 37.8 Å². The smallest absolute Gasteiger partial charge is 0.362 e. The van der Waals surface area contributed by atoms with E-state index in [-0.39, 0.29) is 52.7 Å². The topological polar surface area (TPSA) is 162 Å². The number of hydrogen-bond donors (Lipinski definition) is 1. The first kappa shape index (κ1) is 30.5. The molecular formula is C28H38N4O8Si. The first-order valence-electron chi connectivity index (χ1n) is 14.1. The number of carbonyl (C=O) groups is 4. The highest BCUT2D eigenvalue weighted by Gasteiger charge is 2.61. The van der Waals surface area contributed by atoms with Crippen molar-refractivity contribution in [3.8, 4) is 0 Å². The number of nitro groups is 1. The van der Waals surface area contributed by atoms with Gasteiger partial charge in [-0.05, 0) is 42.8 Å². The van der Waals surface area contributed by atoms with Crippen LogP contribution in [0.25, 0.3) is 0 Å². The second-order valence-corrected chi connectivity index (χ2v) is 16.0. The molecule has 0 saturated carbocycles. The number of nitrogens with two attached hydrogens (primary N) is 1. The van der Waals surface area contributed by atoms with Gasteiger partial charge in [-0.2, -0.15) is 0 Å². The third kappa shape index (κ3) is 5.57. The molecule has 0 bridgehead atoms. The van der Waals surface area contributed by atoms with Crippen LogP contribution < -0.4 is 5.73 Å². The lowest BCUT2D eigenvalue weighted by Crippen LogP contribution is -2.65. The zero-order valence-electron chi connectivity index (χ0n) is 24.1. The number of nitrogens with zero attached hydrogens (tertiary/aromatic N) is 3. The Hall–Kier alpha value is -3.42. The summed E-state index contributed by atoms with van der Waals surface area (Å²) < 4.78 is 11.8. The van der Waals surface area contributed by atoms with Gasteiger partial charge in [-0.25, -0.2) is 9.59 Å². The first-order valence-corrected chi connectivity index (χ1v) is 16.7. The lowest BCUT2D eigenvalue weighted by atomic mass is 9.77. The van der Waals surface area contributed by atoms with Gasteiger partial charge in [0.25, 0.3) is 5.69 Å². The Morgan fingerprint density at radius 3 is 2.20 bits per heavy atom. The summed E-state index contributed by atoms with van der Waals surface area (Å²) in [6.45, 7) is 11.5. The molecule has 1 unspecified atom stereocenters. The number of esters is 2. The predicted molar refractivity (Wildman–Crippen MR) is 151 cm³/mol. The van der Waals surface area contributed by atoms with Gasteiger partial charge in [0.2, 0.25) is 11.8 Å². The average Bonchev–Trinajstić information content (AvgIpc) is 3.16. The molecule has 41 heavy (non-hydrogen) atoms. The Morgan fingerprint density at radius 2 is 1.68 bits per heavy atom. The molecule has 2 N–H and O–H groups in total. The van der Waals surface area contributed by atoms with E-state index in [1.165, 1.54) is 17.0 Å². The van der Waals surface area contributed by atoms with E-state index >= 15 is 0 Å². The fraction of sp³-hybridized carbons (Fsp3) is 0.571. The third-order valence-corrected chi connectivity index (χ3v) is 13.9. The fourth-order valence-corrected chi connectivity index (χ4v) is 9.26. The van der Waals surface area contributed by atoms with Crippen LogP contribution in [-0.4, -0.2) is 78.6 Å². The summed E-state index contributed by atoms with van der Waals surface area (Å²) in [7, 11) is -2.00. The maximum absolute atomic E-state index is 13.6. The molecule has 0 aliphatic carbocycles. The van der Waals surface area contributed by atoms with Gasteiger partial charge in [0, 0.05) is 37.7 Å². The van der Waals surface area contributed by atoms with Crippen LogP contribution in [0.4, 0.5) is 5.69 Å². The molecule has 12 nitrogen and oxygen atoms in total. The van der Waals surface area contributed by atoms with E-state index in [1.54, 1.807) is 0 Å². The van der Waals surface area contributed by atoms with Crippen molar-refractivity contribution in [2.45, 2.75) is 64.9 Å². The molecule has 3 aliphatic heterocycles. The van der Waals surface area contributed by atoms with Crippen molar-refractivity contribution in [2.24, 2.45) is 23.5 Å². The predicted octanol–water partition coefficient (Wildman–Crippen LogP) is 2.84. The van der Waals surface area contributed by atoms with Crippen LogP contribution in [0.5, 0.6) is 0 Å². The van der Waals surface area contributed by atoms with Gasteiger partial charge in [-0.1, -0.05) is 27.7 Å². The molecular weight excluding hydrogens is 548 g/mol. The van der Waals surface area contributed by atoms with E-state index in [0.29, 0.717) is 25.2 Å². The number of amides is 2. The Labute approximate surface area is 240 Å². The Morgan fingerprint density at radius 1 is 1.10 bits per heavy atom. The molecule has 3 heterocycles. The van der Waals surface area contributed by atoms with Crippen molar-refractivity contribution in [2.75, 3.05) is 19.6 Å². The number of non-ortho nitro benzene ring substituents is 1. The Balaban J connectivity index is 1.58. The van der Waals surface area contributed by atoms with E-state index in [4.69, 9.17) is 14.9 Å². The highest BCUT2D eigenvalue weighted by atomic mass is 28.4. The molecule has 13 heteroatoms. The molecule has 1 aromatic rings. The number of fused-ring (bicyclic) bond motifs is 1. The van der Waals surface area contributed by atoms with Crippen molar-refractivity contribution in [3.63, 3.8) is 0 Å². The van der Waals surface area contributed by atoms with E-state index in [1.807, 2.05) is 18.7 Å². The number of β-lactam (4-membered cyclic amide) rings is 1. The molecule has 0 radical (unpaired) electrons. The lowest BCUT2D eigenvalue weighted by Gasteiger charge is -2.49. The van der Waals surface area contributed by atoms with Crippen molar-refractivity contribution in [3.05, 3.63) is 51.2 Å². The largest absolute Gasteiger partial charge is 0.413 e. The fourth-order valence-electron chi connectivity index (χ4n) is 6.33. The zero-order chi connectivity index (χ0) is 30.2. The minimum Gasteiger partial charge on any atom is -0.413 e. The zero-order valence-corrected chi connectivity index (χ0v) is 25.1. The summed E-state index contributed by atoms with van der Waals surface area (Å²) in [6.07, 6.45) is -0.334. The first-order chi connectivity index (χ1) is 19.4. The minimum atomic E-state index is -2.00. The summed E-state index contributed by atoms with van der Waals surface area (Å²) in [6, 6.07) is 7.22. The van der Waals surface area contributed by atoms with Gasteiger partial charge in [0.1, 0.15) is 5.70 Å². The van der Waals surface area contributed by atoms with Gasteiger partial charge < -0.3 is 19.8 Å². The van der Waals surface area contributed by atoms with Gasteiger partial charge in [-0.15, -0.1) is 0 Å². The van der Waals surface area contributed by atoms with Crippen LogP contribution in [0.1, 0.15) is 45.0 Å². The minimum absolute atomic E-state index is 0.0319. The standard InChI is InChI=1S/C28H38N4O8Si/c1-6-41(7-2,8-3)40-17(5)22-23-16(4)21(15-30-13-19(14-30)25(29)33)24(31(23)26(22)34)28(36)39-27(35)18-9-11-20(12-10-18)32(37)38/h9-12,16-17,19,22-23H,6-8,13-15H2,1-5H3,(H2,29,33)/t16-,17?,22+,23+/m0/s1. The molecule has 3 aliphatic rings. The summed E-state index contributed by atoms with van der Waals surface area (Å²) in [4.78, 5) is 65.2. The number of likely N-dealkylation sites (tertiary alicyclic amines) is 1. The summed E-state index contributed by atoms with van der Waals surface area (Å²) in [5.41, 5.74) is 5.89. The third-order valence-electron chi connectivity index (χ3n) is 9.12. The van der Waals surface area contributed by atoms with Gasteiger partial charge in [0.05, 0.1) is 34.5 Å². The van der Waals surface area contributed by atoms with Crippen LogP contribution in [-0.2, 0) is 23.5 Å². The molecule has 4 atom stereocenters. The second-order valence-electron chi connectivity index (χ2n) is 11.2. The van der Waals surface area contributed by atoms with Crippen LogP contribution in [0.2, 0.25) is 18.1 Å². The average molecular weight is 587 g/mol. The Bertz CT molecular complexity index is 1260. The van der Waals surface area contributed by atoms with E-state index in [9.17, 15) is 29.3 Å². The van der Waals surface area contributed by atoms with Crippen LogP contribution in [0.15, 0.2) is 35.5 Å². The second kappa shape index (κ2) is 11.8. The van der Waals surface area contributed by atoms with Crippen molar-refractivity contribution in [1.82, 2.24) is 9.80 Å². The van der Waals surface area contributed by atoms with Gasteiger partial charge in [-0.3, -0.25) is 24.6 Å². The van der Waals surface area contributed by atoms with Crippen molar-refractivity contribution < 1.29 is 33.3 Å². The molecule has 4 rings (SSSR count). The number of hydrogen-bond acceptors (Lipinski definition) is 9. The highest BCUT2D eigenvalue weighted by molar-refractivity contribution is 6.73. The normalized spacial score (nSPS) is 23.5. The molecule has 2 fully saturated rings. The highest BCUT2D eigenvalue weighted by Crippen LogP contribution is 2.49. The summed E-state index contributed by atoms with van der Waals surface area (Å²) in [5.74, 6) is -3.49. The van der Waals surface area contributed by atoms with E-state index in [2.05, 4.69) is 20.8 Å². The monoisotopic (exact) mass is 586 g/mol. The molecule has 2 amide bonds. The number of ether oxygens (including phenoxy) is 1. The van der Waals surface area contributed by atoms with Crippen LogP contribution in [0, 0.1) is 27.9 Å². The number of carbonyl (C=O) groups excluding carboxylic acids is 4. The maximum atomic E-state index is 13.6. The molecule has 0 spiro atoms. The SMILES string of the molecule is CC[Si](CC)(CC)OC(C)[C@H]1C(=O)N2C(C(=O)OC(=O)c3ccc([N+](=O)[O-])cc3)=C(CN3CC(C(N)=O)C3)[C@H](C)[C@H]12. The number of primary amides is 1. The summed E-state index contributed by atoms with van der Waals surface area (Å²) >= 11 is 0. The number of benzene rings is 1. The quantitative estimate of drug-likeness (QED) is 0.0969. The van der Waals surface area contributed by atoms with Crippen molar-refractivity contribution in [1.29, 1.82) is 0 Å². The van der Waals surface area contributed by atoms with Gasteiger partial charge >= 0.3 is 11.9 Å². The Kier molecular flexibility index (Phi) is 8.80. The molecule has 0 aromatic heterocycles. The number of rotatable bonds is 12. The van der Waals surface area contributed by atoms with Crippen LogP contribution in [0.3, 0.4) is 0 Å². The maximum Gasteiger partial charge on any atom is 0.362 e. The van der Waals surface area contributed by atoms with Gasteiger partial charge in [0.15, 0.2) is 8.32 Å². The van der Waals surface area contributed by atoms with Crippen LogP contribution >= 0.6 is 0 Å². The molecule has 2 saturated heterocycles. The van der Waals surface area contributed by atoms with E-state index in [0.717, 1.165) is 30.3 Å². The molecule has 222 valence electrons. The summed E-state index contributed by atoms with van der Waals surface area (Å²) in [5, 5.41) is 10.9.